The van der Waals surface area contributed by atoms with Crippen molar-refractivity contribution in [3.63, 3.8) is 0 Å². The van der Waals surface area contributed by atoms with Crippen molar-refractivity contribution in [2.45, 2.75) is 111 Å². The van der Waals surface area contributed by atoms with Crippen LogP contribution in [0.3, 0.4) is 0 Å². The Kier molecular flexibility index (Phi) is 41.9. The Hall–Kier alpha value is -5.72. The Morgan fingerprint density at radius 2 is 0.317 bits per heavy atom. The third kappa shape index (κ3) is 21.9. The fourth-order valence-corrected chi connectivity index (χ4v) is 5.36. The normalized spacial score (nSPS) is 8.33. The predicted octanol–water partition coefficient (Wildman–Crippen LogP) is 20.7. The largest absolute Gasteiger partial charge is 0.0683 e. The van der Waals surface area contributed by atoms with E-state index in [1.807, 2.05) is 147 Å². The molecule has 0 fully saturated rings. The summed E-state index contributed by atoms with van der Waals surface area (Å²) in [6, 6.07) is 71.5. The van der Waals surface area contributed by atoms with Gasteiger partial charge in [-0.1, -0.05) is 305 Å². The average molecular weight is 803 g/mol. The zero-order chi connectivity index (χ0) is 45.8. The highest BCUT2D eigenvalue weighted by Gasteiger charge is 1.97. The van der Waals surface area contributed by atoms with Crippen molar-refractivity contribution in [3.05, 3.63) is 206 Å². The fraction of sp³-hybridized carbons (Fsp3) is 0.267. The molecular formula is C60H82. The number of benzene rings is 9. The van der Waals surface area contributed by atoms with E-state index in [9.17, 15) is 0 Å². The maximum absolute atomic E-state index is 2.24. The topological polar surface area (TPSA) is 0 Å². The highest BCUT2D eigenvalue weighted by molar-refractivity contribution is 6.07. The van der Waals surface area contributed by atoms with E-state index >= 15 is 0 Å². The first-order valence-electron chi connectivity index (χ1n) is 23.0. The minimum Gasteiger partial charge on any atom is -0.0683 e. The highest BCUT2D eigenvalue weighted by Crippen LogP contribution is 2.25. The lowest BCUT2D eigenvalue weighted by molar-refractivity contribution is 1.50. The number of fused-ring (bicyclic) bond motifs is 6. The molecule has 0 N–H and O–H groups in total. The summed E-state index contributed by atoms with van der Waals surface area (Å²) in [4.78, 5) is 0. The van der Waals surface area contributed by atoms with Crippen molar-refractivity contribution in [1.29, 1.82) is 0 Å². The molecule has 0 spiro atoms. The van der Waals surface area contributed by atoms with E-state index in [0.29, 0.717) is 0 Å². The highest BCUT2D eigenvalue weighted by atomic mass is 14.0. The van der Waals surface area contributed by atoms with Crippen molar-refractivity contribution in [2.75, 3.05) is 0 Å². The third-order valence-corrected chi connectivity index (χ3v) is 7.59. The third-order valence-electron chi connectivity index (χ3n) is 7.59. The maximum atomic E-state index is 2.24. The minimum atomic E-state index is 1.31. The van der Waals surface area contributed by atoms with E-state index in [-0.39, 0.29) is 0 Å². The summed E-state index contributed by atoms with van der Waals surface area (Å²) in [6.45, 7) is 32.0. The Morgan fingerprint density at radius 1 is 0.150 bits per heavy atom. The van der Waals surface area contributed by atoms with E-state index in [4.69, 9.17) is 0 Å². The van der Waals surface area contributed by atoms with Crippen molar-refractivity contribution in [3.8, 4) is 0 Å². The Bertz CT molecular complexity index is 1960. The van der Waals surface area contributed by atoms with Gasteiger partial charge < -0.3 is 0 Å². The molecule has 0 aromatic heterocycles. The molecule has 0 amide bonds. The van der Waals surface area contributed by atoms with Crippen molar-refractivity contribution < 1.29 is 0 Å². The van der Waals surface area contributed by atoms with E-state index in [2.05, 4.69) is 170 Å². The van der Waals surface area contributed by atoms with Gasteiger partial charge in [-0.25, -0.2) is 0 Å². The lowest BCUT2D eigenvalue weighted by Crippen LogP contribution is -1.75. The zero-order valence-electron chi connectivity index (χ0n) is 40.6. The van der Waals surface area contributed by atoms with Gasteiger partial charge in [0.2, 0.25) is 0 Å². The molecule has 0 aliphatic heterocycles. The van der Waals surface area contributed by atoms with Gasteiger partial charge in [-0.15, -0.1) is 0 Å². The van der Waals surface area contributed by atoms with E-state index in [1.54, 1.807) is 0 Å². The van der Waals surface area contributed by atoms with Gasteiger partial charge >= 0.3 is 0 Å². The molecule has 0 unspecified atom stereocenters. The second-order valence-electron chi connectivity index (χ2n) is 10.6. The molecule has 0 radical (unpaired) electrons. The first-order chi connectivity index (χ1) is 29.8. The second-order valence-corrected chi connectivity index (χ2v) is 10.6. The van der Waals surface area contributed by atoms with Crippen LogP contribution in [0, 0.1) is 0 Å². The Labute approximate surface area is 369 Å². The van der Waals surface area contributed by atoms with Gasteiger partial charge in [-0.05, 0) is 66.0 Å². The lowest BCUT2D eigenvalue weighted by atomic mass is 10.0. The van der Waals surface area contributed by atoms with Crippen LogP contribution in [0.1, 0.15) is 111 Å². The van der Waals surface area contributed by atoms with E-state index in [0.717, 1.165) is 0 Å². The summed E-state index contributed by atoms with van der Waals surface area (Å²) in [6.07, 6.45) is 0. The molecule has 0 saturated heterocycles. The summed E-state index contributed by atoms with van der Waals surface area (Å²) in [7, 11) is 0. The summed E-state index contributed by atoms with van der Waals surface area (Å²) in [5.74, 6) is 0. The van der Waals surface area contributed by atoms with Crippen molar-refractivity contribution in [1.82, 2.24) is 0 Å². The molecule has 0 nitrogen and oxygen atoms in total. The van der Waals surface area contributed by atoms with Gasteiger partial charge in [0.15, 0.2) is 0 Å². The molecule has 0 aliphatic carbocycles. The van der Waals surface area contributed by atoms with Gasteiger partial charge in [-0.2, -0.15) is 0 Å². The Morgan fingerprint density at radius 3 is 0.533 bits per heavy atom. The van der Waals surface area contributed by atoms with Crippen LogP contribution < -0.4 is 0 Å². The number of hydrogen-bond acceptors (Lipinski definition) is 0. The number of hydrogen-bond donors (Lipinski definition) is 0. The summed E-state index contributed by atoms with van der Waals surface area (Å²) < 4.78 is 0. The zero-order valence-corrected chi connectivity index (χ0v) is 40.6. The first-order valence-corrected chi connectivity index (χ1v) is 23.0. The monoisotopic (exact) mass is 803 g/mol. The lowest BCUT2D eigenvalue weighted by Gasteiger charge is -2.02. The van der Waals surface area contributed by atoms with Gasteiger partial charge in [0, 0.05) is 0 Å². The molecule has 9 aromatic carbocycles. The average Bonchev–Trinajstić information content (AvgIpc) is 3.39. The molecular weight excluding hydrogens is 721 g/mol. The van der Waals surface area contributed by atoms with Crippen LogP contribution in [0.5, 0.6) is 0 Å². The van der Waals surface area contributed by atoms with Crippen molar-refractivity contribution in [2.24, 2.45) is 0 Å². The molecule has 0 saturated carbocycles. The van der Waals surface area contributed by atoms with Crippen LogP contribution in [0.2, 0.25) is 0 Å². The maximum Gasteiger partial charge on any atom is -0.0105 e. The standard InChI is InChI=1S/2C14H10.C10H8.C6H6.8C2H6/c1-3-7-13-11(5-1)9-10-12-6-2-4-8-14(12)13;1-2-6-12-10-14-8-4-3-7-13(14)9-11(12)5-1;1-2-6-10-8-4-3-7-9(10)5-1;1-2-4-6-5-3-1;8*1-2/h2*1-10H;1-8H;1-6H;8*1-2H3. The predicted molar refractivity (Wildman–Crippen MR) is 284 cm³/mol. The smallest absolute Gasteiger partial charge is 0.0105 e. The molecule has 0 heteroatoms. The summed E-state index contributed by atoms with van der Waals surface area (Å²) >= 11 is 0. The van der Waals surface area contributed by atoms with Crippen molar-refractivity contribution >= 4 is 53.9 Å². The molecule has 60 heavy (non-hydrogen) atoms. The van der Waals surface area contributed by atoms with Gasteiger partial charge in [-0.3, -0.25) is 0 Å². The van der Waals surface area contributed by atoms with Gasteiger partial charge in [0.1, 0.15) is 0 Å². The summed E-state index contributed by atoms with van der Waals surface area (Å²) in [5, 5.41) is 13.2. The van der Waals surface area contributed by atoms with Crippen LogP contribution in [0.4, 0.5) is 0 Å². The van der Waals surface area contributed by atoms with Crippen LogP contribution in [0.25, 0.3) is 53.9 Å². The summed E-state index contributed by atoms with van der Waals surface area (Å²) in [5.41, 5.74) is 0. The van der Waals surface area contributed by atoms with Gasteiger partial charge in [0.25, 0.3) is 0 Å². The molecule has 0 atom stereocenters. The molecule has 9 rings (SSSR count). The fourth-order valence-electron chi connectivity index (χ4n) is 5.36. The SMILES string of the molecule is CC.CC.CC.CC.CC.CC.CC.CC.c1ccc2c(c1)ccc1ccccc12.c1ccc2cc3ccccc3cc2c1.c1ccc2ccccc2c1.c1ccccc1. The Balaban J connectivity index is -0.000000664. The van der Waals surface area contributed by atoms with E-state index < -0.39 is 0 Å². The van der Waals surface area contributed by atoms with Crippen LogP contribution in [-0.2, 0) is 0 Å². The first kappa shape index (κ1) is 58.6. The van der Waals surface area contributed by atoms with Gasteiger partial charge in [0.05, 0.1) is 0 Å². The van der Waals surface area contributed by atoms with Crippen LogP contribution in [0.15, 0.2) is 206 Å². The van der Waals surface area contributed by atoms with Crippen LogP contribution >= 0.6 is 0 Å². The van der Waals surface area contributed by atoms with E-state index in [1.165, 1.54) is 53.9 Å². The quantitative estimate of drug-likeness (QED) is 0.106. The second kappa shape index (κ2) is 42.9. The molecule has 0 aliphatic rings. The molecule has 0 bridgehead atoms. The number of rotatable bonds is 0. The molecule has 9 aromatic rings. The minimum absolute atomic E-state index is 1.31. The molecule has 322 valence electrons. The molecule has 0 heterocycles. The van der Waals surface area contributed by atoms with Crippen LogP contribution in [-0.4, -0.2) is 0 Å².